The summed E-state index contributed by atoms with van der Waals surface area (Å²) < 4.78 is 24.2. The molecule has 6 aromatic rings. The van der Waals surface area contributed by atoms with Crippen molar-refractivity contribution in [2.45, 2.75) is 57.5 Å². The highest BCUT2D eigenvalue weighted by atomic mass is 35.5. The van der Waals surface area contributed by atoms with E-state index < -0.39 is 0 Å². The number of nitrogens with zero attached hydrogens (tertiary/aromatic N) is 1. The number of ether oxygens (including phenoxy) is 4. The highest BCUT2D eigenvalue weighted by Crippen LogP contribution is 2.42. The van der Waals surface area contributed by atoms with E-state index in [0.717, 1.165) is 57.7 Å². The summed E-state index contributed by atoms with van der Waals surface area (Å²) in [5.74, 6) is 3.03. The van der Waals surface area contributed by atoms with Crippen LogP contribution in [-0.2, 0) is 30.8 Å². The summed E-state index contributed by atoms with van der Waals surface area (Å²) in [7, 11) is 1.67. The van der Waals surface area contributed by atoms with Crippen LogP contribution in [0.4, 0.5) is 0 Å². The number of carbonyl (C=O) groups is 1. The fourth-order valence-electron chi connectivity index (χ4n) is 7.91. The van der Waals surface area contributed by atoms with Crippen LogP contribution in [0.3, 0.4) is 0 Å². The van der Waals surface area contributed by atoms with Crippen LogP contribution in [0.5, 0.6) is 23.0 Å². The van der Waals surface area contributed by atoms with Gasteiger partial charge in [-0.05, 0) is 112 Å². The minimum absolute atomic E-state index is 0.0363. The van der Waals surface area contributed by atoms with Gasteiger partial charge in [-0.2, -0.15) is 0 Å². The van der Waals surface area contributed by atoms with Crippen LogP contribution in [0, 0.1) is 0 Å². The van der Waals surface area contributed by atoms with Gasteiger partial charge in [0.1, 0.15) is 24.7 Å². The molecule has 3 atom stereocenters. The average Bonchev–Trinajstić information content (AvgIpc) is 3.26. The number of methoxy groups -OCH3 is 1. The van der Waals surface area contributed by atoms with Crippen molar-refractivity contribution in [1.82, 2.24) is 10.2 Å². The lowest BCUT2D eigenvalue weighted by molar-refractivity contribution is -0.128. The molecule has 9 heteroatoms. The van der Waals surface area contributed by atoms with Gasteiger partial charge in [-0.25, -0.2) is 0 Å². The molecule has 6 aromatic carbocycles. The number of rotatable bonds is 13. The molecular formula is C49H46Cl2N2O5. The summed E-state index contributed by atoms with van der Waals surface area (Å²) in [5.41, 5.74) is 8.83. The Kier molecular flexibility index (Phi) is 12.2. The van der Waals surface area contributed by atoms with E-state index in [9.17, 15) is 4.79 Å². The standard InChI is InChI=1S/C49H46Cl2N2O5/c1-3-44(36-7-5-4-6-8-36)53-29-39-28-47-46(57-31-48(58-47)37-16-20-41(21-17-37)56-30-33-11-22-42(50)43(51)25-33)27-38(39)26-45(53)49(54)52-24-23-32-9-12-34(13-10-32)35-14-18-40(55-2)19-15-35/h4-22,25,27-28,44-45,48H,3,23-24,26,29-31H2,1-2H3,(H,52,54). The molecule has 2 heterocycles. The lowest BCUT2D eigenvalue weighted by atomic mass is 9.89. The third-order valence-corrected chi connectivity index (χ3v) is 11.8. The topological polar surface area (TPSA) is 69.3 Å². The molecule has 2 aliphatic rings. The third-order valence-electron chi connectivity index (χ3n) is 11.1. The van der Waals surface area contributed by atoms with Crippen molar-refractivity contribution in [1.29, 1.82) is 0 Å². The zero-order valence-electron chi connectivity index (χ0n) is 32.6. The van der Waals surface area contributed by atoms with Crippen LogP contribution in [0.1, 0.15) is 58.9 Å². The Labute approximate surface area is 350 Å². The van der Waals surface area contributed by atoms with Crippen LogP contribution >= 0.6 is 23.2 Å². The molecule has 0 spiro atoms. The summed E-state index contributed by atoms with van der Waals surface area (Å²) in [6.45, 7) is 4.10. The molecule has 0 saturated carbocycles. The van der Waals surface area contributed by atoms with Gasteiger partial charge in [0, 0.05) is 19.1 Å². The molecule has 0 aromatic heterocycles. The first-order chi connectivity index (χ1) is 28.3. The summed E-state index contributed by atoms with van der Waals surface area (Å²) in [6.07, 6.45) is 1.90. The van der Waals surface area contributed by atoms with E-state index in [2.05, 4.69) is 89.9 Å². The second-order valence-corrected chi connectivity index (χ2v) is 15.6. The molecule has 0 radical (unpaired) electrons. The third kappa shape index (κ3) is 8.97. The van der Waals surface area contributed by atoms with Gasteiger partial charge in [0.05, 0.1) is 23.2 Å². The molecule has 0 saturated heterocycles. The molecule has 0 bridgehead atoms. The molecule has 8 rings (SSSR count). The normalized spacial score (nSPS) is 16.6. The maximum absolute atomic E-state index is 14.2. The monoisotopic (exact) mass is 812 g/mol. The first-order valence-electron chi connectivity index (χ1n) is 19.8. The van der Waals surface area contributed by atoms with E-state index in [-0.39, 0.29) is 24.1 Å². The fraction of sp³-hybridized carbons (Fsp3) is 0.245. The van der Waals surface area contributed by atoms with Crippen LogP contribution in [0.15, 0.2) is 133 Å². The smallest absolute Gasteiger partial charge is 0.237 e. The fourth-order valence-corrected chi connectivity index (χ4v) is 8.23. The van der Waals surface area contributed by atoms with Crippen LogP contribution < -0.4 is 24.3 Å². The number of amides is 1. The lowest BCUT2D eigenvalue weighted by Crippen LogP contribution is -2.51. The van der Waals surface area contributed by atoms with Crippen molar-refractivity contribution < 1.29 is 23.7 Å². The van der Waals surface area contributed by atoms with Crippen LogP contribution in [-0.4, -0.2) is 37.1 Å². The summed E-state index contributed by atoms with van der Waals surface area (Å²) in [5, 5.41) is 4.31. The van der Waals surface area contributed by atoms with Crippen LogP contribution in [0.2, 0.25) is 10.0 Å². The van der Waals surface area contributed by atoms with Crippen molar-refractivity contribution in [2.24, 2.45) is 0 Å². The zero-order valence-corrected chi connectivity index (χ0v) is 34.1. The second-order valence-electron chi connectivity index (χ2n) is 14.8. The van der Waals surface area contributed by atoms with Crippen molar-refractivity contribution in [3.05, 3.63) is 177 Å². The van der Waals surface area contributed by atoms with E-state index in [1.165, 1.54) is 11.1 Å². The largest absolute Gasteiger partial charge is 0.497 e. The van der Waals surface area contributed by atoms with E-state index in [1.54, 1.807) is 13.2 Å². The predicted molar refractivity (Wildman–Crippen MR) is 230 cm³/mol. The summed E-state index contributed by atoms with van der Waals surface area (Å²) in [6, 6.07) is 44.4. The first-order valence-corrected chi connectivity index (χ1v) is 20.5. The van der Waals surface area contributed by atoms with Crippen molar-refractivity contribution in [2.75, 3.05) is 20.3 Å². The molecule has 0 fully saturated rings. The molecular weight excluding hydrogens is 767 g/mol. The minimum atomic E-state index is -0.345. The Hall–Kier alpha value is -5.47. The Balaban J connectivity index is 0.945. The lowest BCUT2D eigenvalue weighted by Gasteiger charge is -2.41. The molecule has 1 amide bonds. The SMILES string of the molecule is CCC(c1ccccc1)N1Cc2cc3c(cc2CC1C(=O)NCCc1ccc(-c2ccc(OC)cc2)cc1)OCC(c1ccc(OCc2ccc(Cl)c(Cl)c2)cc1)O3. The maximum atomic E-state index is 14.2. The van der Waals surface area contributed by atoms with Crippen molar-refractivity contribution >= 4 is 29.1 Å². The number of fused-ring (bicyclic) bond motifs is 2. The van der Waals surface area contributed by atoms with E-state index in [1.807, 2.05) is 54.6 Å². The van der Waals surface area contributed by atoms with Gasteiger partial charge < -0.3 is 24.3 Å². The van der Waals surface area contributed by atoms with Gasteiger partial charge in [-0.3, -0.25) is 9.69 Å². The van der Waals surface area contributed by atoms with Gasteiger partial charge in [0.2, 0.25) is 5.91 Å². The Bertz CT molecular complexity index is 2340. The van der Waals surface area contributed by atoms with Gasteiger partial charge in [-0.1, -0.05) is 115 Å². The first kappa shape index (κ1) is 39.4. The zero-order chi connectivity index (χ0) is 40.0. The molecule has 7 nitrogen and oxygen atoms in total. The molecule has 0 aliphatic carbocycles. The molecule has 296 valence electrons. The second kappa shape index (κ2) is 18.0. The number of halogens is 2. The van der Waals surface area contributed by atoms with Crippen molar-refractivity contribution in [3.63, 3.8) is 0 Å². The highest BCUT2D eigenvalue weighted by Gasteiger charge is 2.37. The van der Waals surface area contributed by atoms with E-state index in [4.69, 9.17) is 42.1 Å². The predicted octanol–water partition coefficient (Wildman–Crippen LogP) is 11.0. The quantitative estimate of drug-likeness (QED) is 0.125. The maximum Gasteiger partial charge on any atom is 0.237 e. The molecule has 3 unspecified atom stereocenters. The Morgan fingerprint density at radius 3 is 2.19 bits per heavy atom. The summed E-state index contributed by atoms with van der Waals surface area (Å²) in [4.78, 5) is 16.5. The molecule has 1 N–H and O–H groups in total. The number of nitrogens with one attached hydrogen (secondary N) is 1. The Morgan fingerprint density at radius 2 is 1.48 bits per heavy atom. The van der Waals surface area contributed by atoms with Gasteiger partial charge in [-0.15, -0.1) is 0 Å². The highest BCUT2D eigenvalue weighted by molar-refractivity contribution is 6.42. The Morgan fingerprint density at radius 1 is 0.793 bits per heavy atom. The van der Waals surface area contributed by atoms with Gasteiger partial charge >= 0.3 is 0 Å². The number of hydrogen-bond acceptors (Lipinski definition) is 6. The van der Waals surface area contributed by atoms with Gasteiger partial charge in [0.15, 0.2) is 17.6 Å². The number of hydrogen-bond donors (Lipinski definition) is 1. The minimum Gasteiger partial charge on any atom is -0.497 e. The van der Waals surface area contributed by atoms with E-state index >= 15 is 0 Å². The van der Waals surface area contributed by atoms with Gasteiger partial charge in [0.25, 0.3) is 0 Å². The average molecular weight is 814 g/mol. The molecule has 2 aliphatic heterocycles. The van der Waals surface area contributed by atoms with E-state index in [0.29, 0.717) is 54.3 Å². The number of benzene rings is 6. The summed E-state index contributed by atoms with van der Waals surface area (Å²) >= 11 is 12.2. The van der Waals surface area contributed by atoms with Crippen molar-refractivity contribution in [3.8, 4) is 34.1 Å². The molecule has 58 heavy (non-hydrogen) atoms. The number of carbonyl (C=O) groups excluding carboxylic acids is 1. The van der Waals surface area contributed by atoms with Crippen LogP contribution in [0.25, 0.3) is 11.1 Å².